The van der Waals surface area contributed by atoms with Gasteiger partial charge in [-0.05, 0) is 31.4 Å². The van der Waals surface area contributed by atoms with E-state index in [1.165, 1.54) is 6.07 Å². The number of nitrogens with one attached hydrogen (secondary N) is 1. The number of aromatic carboxylic acids is 1. The van der Waals surface area contributed by atoms with Crippen molar-refractivity contribution in [2.24, 2.45) is 5.41 Å². The molecule has 0 unspecified atom stereocenters. The summed E-state index contributed by atoms with van der Waals surface area (Å²) in [7, 11) is 0. The number of hydrogen-bond acceptors (Lipinski definition) is 3. The molecule has 98 valence electrons. The molecule has 5 heteroatoms. The fourth-order valence-electron chi connectivity index (χ4n) is 2.29. The van der Waals surface area contributed by atoms with Crippen molar-refractivity contribution in [2.45, 2.75) is 39.2 Å². The van der Waals surface area contributed by atoms with Crippen LogP contribution in [0.4, 0.5) is 0 Å². The van der Waals surface area contributed by atoms with Gasteiger partial charge in [0.25, 0.3) is 0 Å². The Kier molecular flexibility index (Phi) is 3.41. The highest BCUT2D eigenvalue weighted by atomic mass is 16.4. The monoisotopic (exact) mass is 251 g/mol. The molecule has 0 saturated heterocycles. The van der Waals surface area contributed by atoms with Crippen LogP contribution in [0.1, 0.15) is 48.9 Å². The third-order valence-corrected chi connectivity index (χ3v) is 3.76. The number of carbonyl (C=O) groups excluding carboxylic acids is 1. The molecule has 2 rings (SSSR count). The van der Waals surface area contributed by atoms with Crippen molar-refractivity contribution in [1.29, 1.82) is 0 Å². The van der Waals surface area contributed by atoms with Gasteiger partial charge in [-0.2, -0.15) is 0 Å². The molecule has 1 aromatic rings. The van der Waals surface area contributed by atoms with Gasteiger partial charge in [0, 0.05) is 5.41 Å². The van der Waals surface area contributed by atoms with Crippen LogP contribution >= 0.6 is 0 Å². The maximum atomic E-state index is 12.0. The van der Waals surface area contributed by atoms with Crippen LogP contribution in [-0.2, 0) is 11.3 Å². The molecule has 1 aliphatic rings. The lowest BCUT2D eigenvalue weighted by Crippen LogP contribution is -2.44. The summed E-state index contributed by atoms with van der Waals surface area (Å²) in [5, 5.41) is 11.5. The normalized spacial score (nSPS) is 16.9. The molecule has 0 aromatic carbocycles. The van der Waals surface area contributed by atoms with Gasteiger partial charge in [-0.15, -0.1) is 0 Å². The summed E-state index contributed by atoms with van der Waals surface area (Å²) in [5.74, 6) is -0.694. The van der Waals surface area contributed by atoms with E-state index < -0.39 is 5.97 Å². The molecule has 0 spiro atoms. The number of carboxylic acid groups (broad SMARTS) is 1. The van der Waals surface area contributed by atoms with E-state index in [4.69, 9.17) is 9.52 Å². The zero-order chi connectivity index (χ0) is 13.2. The lowest BCUT2D eigenvalue weighted by Gasteiger charge is -2.39. The van der Waals surface area contributed by atoms with E-state index in [1.807, 2.05) is 6.92 Å². The fourth-order valence-corrected chi connectivity index (χ4v) is 2.29. The minimum atomic E-state index is -1.10. The van der Waals surface area contributed by atoms with Gasteiger partial charge in [0.15, 0.2) is 0 Å². The molecule has 1 heterocycles. The Morgan fingerprint density at radius 2 is 2.17 bits per heavy atom. The Morgan fingerprint density at radius 3 is 2.61 bits per heavy atom. The minimum absolute atomic E-state index is 0.0459. The van der Waals surface area contributed by atoms with Crippen LogP contribution in [0.15, 0.2) is 16.5 Å². The Bertz CT molecular complexity index is 454. The average Bonchev–Trinajstić information content (AvgIpc) is 2.74. The molecule has 1 aliphatic carbocycles. The summed E-state index contributed by atoms with van der Waals surface area (Å²) < 4.78 is 5.08. The highest BCUT2D eigenvalue weighted by Gasteiger charge is 2.42. The number of carbonyl (C=O) groups is 2. The summed E-state index contributed by atoms with van der Waals surface area (Å²) in [6, 6.07) is 2.96. The van der Waals surface area contributed by atoms with Crippen LogP contribution in [0, 0.1) is 5.41 Å². The van der Waals surface area contributed by atoms with Crippen LogP contribution < -0.4 is 5.32 Å². The maximum absolute atomic E-state index is 12.0. The van der Waals surface area contributed by atoms with E-state index in [2.05, 4.69) is 5.32 Å². The zero-order valence-electron chi connectivity index (χ0n) is 10.4. The Balaban J connectivity index is 1.91. The zero-order valence-corrected chi connectivity index (χ0v) is 10.4. The highest BCUT2D eigenvalue weighted by molar-refractivity contribution is 5.84. The van der Waals surface area contributed by atoms with Crippen LogP contribution in [0.3, 0.4) is 0 Å². The minimum Gasteiger partial charge on any atom is -0.475 e. The molecule has 1 saturated carbocycles. The van der Waals surface area contributed by atoms with Gasteiger partial charge < -0.3 is 14.8 Å². The third kappa shape index (κ3) is 2.25. The molecule has 0 aliphatic heterocycles. The molecule has 5 nitrogen and oxygen atoms in total. The molecule has 1 amide bonds. The number of rotatable bonds is 5. The number of hydrogen-bond donors (Lipinski definition) is 2. The molecule has 0 bridgehead atoms. The first-order chi connectivity index (χ1) is 8.57. The second-order valence-corrected chi connectivity index (χ2v) is 4.74. The third-order valence-electron chi connectivity index (χ3n) is 3.76. The number of furan rings is 1. The number of amides is 1. The fraction of sp³-hybridized carbons (Fsp3) is 0.538. The van der Waals surface area contributed by atoms with E-state index in [1.54, 1.807) is 6.07 Å². The lowest BCUT2D eigenvalue weighted by molar-refractivity contribution is -0.136. The van der Waals surface area contributed by atoms with Crippen LogP contribution in [0.5, 0.6) is 0 Å². The second kappa shape index (κ2) is 4.84. The predicted molar refractivity (Wildman–Crippen MR) is 64.1 cm³/mol. The first-order valence-electron chi connectivity index (χ1n) is 6.18. The highest BCUT2D eigenvalue weighted by Crippen LogP contribution is 2.43. The van der Waals surface area contributed by atoms with E-state index in [0.29, 0.717) is 5.76 Å². The van der Waals surface area contributed by atoms with E-state index in [-0.39, 0.29) is 23.6 Å². The van der Waals surface area contributed by atoms with Gasteiger partial charge in [-0.3, -0.25) is 4.79 Å². The van der Waals surface area contributed by atoms with Crippen LogP contribution in [-0.4, -0.2) is 17.0 Å². The van der Waals surface area contributed by atoms with Crippen molar-refractivity contribution >= 4 is 11.9 Å². The molecule has 1 aromatic heterocycles. The van der Waals surface area contributed by atoms with Gasteiger partial charge in [0.1, 0.15) is 5.76 Å². The summed E-state index contributed by atoms with van der Waals surface area (Å²) in [6.45, 7) is 2.27. The molecular formula is C13H17NO4. The maximum Gasteiger partial charge on any atom is 0.371 e. The lowest BCUT2D eigenvalue weighted by atomic mass is 9.66. The quantitative estimate of drug-likeness (QED) is 0.840. The second-order valence-electron chi connectivity index (χ2n) is 4.74. The van der Waals surface area contributed by atoms with E-state index >= 15 is 0 Å². The molecule has 0 radical (unpaired) electrons. The topological polar surface area (TPSA) is 79.5 Å². The molecular weight excluding hydrogens is 234 g/mol. The summed E-state index contributed by atoms with van der Waals surface area (Å²) in [4.78, 5) is 22.7. The van der Waals surface area contributed by atoms with Crippen molar-refractivity contribution in [1.82, 2.24) is 5.32 Å². The van der Waals surface area contributed by atoms with E-state index in [0.717, 1.165) is 25.7 Å². The van der Waals surface area contributed by atoms with Gasteiger partial charge >= 0.3 is 5.97 Å². The van der Waals surface area contributed by atoms with Gasteiger partial charge in [0.05, 0.1) is 6.54 Å². The summed E-state index contributed by atoms with van der Waals surface area (Å²) >= 11 is 0. The standard InChI is InChI=1S/C13H17NO4/c1-2-13(6-3-7-13)12(17)14-8-9-4-5-10(18-9)11(15)16/h4-5H,2-3,6-8H2,1H3,(H,14,17)(H,15,16). The SMILES string of the molecule is CCC1(C(=O)NCc2ccc(C(=O)O)o2)CCC1. The van der Waals surface area contributed by atoms with Gasteiger partial charge in [0.2, 0.25) is 11.7 Å². The summed E-state index contributed by atoms with van der Waals surface area (Å²) in [5.41, 5.74) is -0.206. The van der Waals surface area contributed by atoms with Crippen molar-refractivity contribution in [3.8, 4) is 0 Å². The molecule has 2 N–H and O–H groups in total. The molecule has 18 heavy (non-hydrogen) atoms. The van der Waals surface area contributed by atoms with E-state index in [9.17, 15) is 9.59 Å². The first-order valence-corrected chi connectivity index (χ1v) is 6.18. The predicted octanol–water partition coefficient (Wildman–Crippen LogP) is 2.17. The largest absolute Gasteiger partial charge is 0.475 e. The van der Waals surface area contributed by atoms with Crippen molar-refractivity contribution < 1.29 is 19.1 Å². The average molecular weight is 251 g/mol. The van der Waals surface area contributed by atoms with Crippen molar-refractivity contribution in [3.05, 3.63) is 23.7 Å². The Labute approximate surface area is 105 Å². The van der Waals surface area contributed by atoms with Crippen LogP contribution in [0.25, 0.3) is 0 Å². The Morgan fingerprint density at radius 1 is 1.44 bits per heavy atom. The molecule has 0 atom stereocenters. The van der Waals surface area contributed by atoms with Crippen LogP contribution in [0.2, 0.25) is 0 Å². The van der Waals surface area contributed by atoms with Gasteiger partial charge in [-0.1, -0.05) is 13.3 Å². The number of carboxylic acids is 1. The smallest absolute Gasteiger partial charge is 0.371 e. The van der Waals surface area contributed by atoms with Crippen molar-refractivity contribution in [2.75, 3.05) is 0 Å². The Hall–Kier alpha value is -1.78. The van der Waals surface area contributed by atoms with Crippen molar-refractivity contribution in [3.63, 3.8) is 0 Å². The first kappa shape index (κ1) is 12.7. The molecule has 1 fully saturated rings. The van der Waals surface area contributed by atoms with Gasteiger partial charge in [-0.25, -0.2) is 4.79 Å². The summed E-state index contributed by atoms with van der Waals surface area (Å²) in [6.07, 6.45) is 3.82.